The van der Waals surface area contributed by atoms with Crippen LogP contribution in [0, 0.1) is 0 Å². The Morgan fingerprint density at radius 1 is 1.40 bits per heavy atom. The number of unbranched alkanes of at least 4 members (excludes halogenated alkanes) is 1. The van der Waals surface area contributed by atoms with Gasteiger partial charge in [-0.05, 0) is 6.42 Å². The highest BCUT2D eigenvalue weighted by Gasteiger charge is 2.48. The molecular weight excluding hydrogens is 204 g/mol. The van der Waals surface area contributed by atoms with E-state index in [1.165, 1.54) is 0 Å². The van der Waals surface area contributed by atoms with Crippen molar-refractivity contribution in [3.63, 3.8) is 0 Å². The summed E-state index contributed by atoms with van der Waals surface area (Å²) in [6, 6.07) is 0. The maximum Gasteiger partial charge on any atom is 0.401 e. The van der Waals surface area contributed by atoms with Crippen LogP contribution in [0.5, 0.6) is 0 Å². The topological polar surface area (TPSA) is 93.1 Å². The first-order valence-electron chi connectivity index (χ1n) is 4.82. The number of carbonyl (C=O) groups excluding carboxylic acids is 2. The average Bonchev–Trinajstić information content (AvgIpc) is 2.11. The molecule has 2 N–H and O–H groups in total. The second kappa shape index (κ2) is 4.59. The minimum Gasteiger partial charge on any atom is -0.396 e. The van der Waals surface area contributed by atoms with E-state index in [-0.39, 0.29) is 6.42 Å². The van der Waals surface area contributed by atoms with E-state index < -0.39 is 30.4 Å². The number of rotatable bonds is 4. The Morgan fingerprint density at radius 2 is 1.93 bits per heavy atom. The van der Waals surface area contributed by atoms with Crippen LogP contribution in [0.15, 0.2) is 0 Å². The largest absolute Gasteiger partial charge is 0.401 e. The number of hydrogen-bond donors (Lipinski definition) is 2. The third-order valence-corrected chi connectivity index (χ3v) is 2.06. The maximum atomic E-state index is 10.9. The van der Waals surface area contributed by atoms with Crippen molar-refractivity contribution in [1.82, 2.24) is 0 Å². The third-order valence-electron chi connectivity index (χ3n) is 2.06. The number of ether oxygens (including phenoxy) is 2. The van der Waals surface area contributed by atoms with E-state index in [9.17, 15) is 19.8 Å². The summed E-state index contributed by atoms with van der Waals surface area (Å²) in [6.07, 6.45) is -0.338. The lowest BCUT2D eigenvalue weighted by atomic mass is 10.1. The lowest BCUT2D eigenvalue weighted by Gasteiger charge is -2.33. The standard InChI is InChI=1S/C9H14O6/c1-2-3-4-6(10)9(13)14-7(11)5-8(12)15-9/h6,10,13H,2-5H2,1H3. The molecular formula is C9H14O6. The zero-order valence-corrected chi connectivity index (χ0v) is 8.43. The smallest absolute Gasteiger partial charge is 0.396 e. The van der Waals surface area contributed by atoms with Crippen molar-refractivity contribution in [3.05, 3.63) is 0 Å². The molecule has 0 aromatic carbocycles. The van der Waals surface area contributed by atoms with Gasteiger partial charge in [-0.1, -0.05) is 19.8 Å². The van der Waals surface area contributed by atoms with Crippen LogP contribution in [0.3, 0.4) is 0 Å². The molecule has 1 unspecified atom stereocenters. The number of hydrogen-bond acceptors (Lipinski definition) is 6. The van der Waals surface area contributed by atoms with Gasteiger partial charge in [-0.25, -0.2) is 0 Å². The molecule has 6 nitrogen and oxygen atoms in total. The van der Waals surface area contributed by atoms with Gasteiger partial charge in [0.2, 0.25) is 0 Å². The van der Waals surface area contributed by atoms with Crippen LogP contribution in [-0.2, 0) is 19.1 Å². The molecule has 1 atom stereocenters. The van der Waals surface area contributed by atoms with Crippen molar-refractivity contribution < 1.29 is 29.3 Å². The Hall–Kier alpha value is -1.14. The zero-order valence-electron chi connectivity index (χ0n) is 8.43. The summed E-state index contributed by atoms with van der Waals surface area (Å²) in [5.41, 5.74) is 0. The molecule has 0 aromatic rings. The highest BCUT2D eigenvalue weighted by atomic mass is 16.9. The van der Waals surface area contributed by atoms with Gasteiger partial charge in [0.1, 0.15) is 6.42 Å². The number of esters is 2. The molecule has 1 saturated heterocycles. The maximum absolute atomic E-state index is 10.9. The molecule has 86 valence electrons. The van der Waals surface area contributed by atoms with Crippen molar-refractivity contribution in [2.45, 2.75) is 44.7 Å². The molecule has 0 spiro atoms. The van der Waals surface area contributed by atoms with Gasteiger partial charge < -0.3 is 19.7 Å². The fraction of sp³-hybridized carbons (Fsp3) is 0.778. The number of aliphatic hydroxyl groups is 2. The molecule has 1 aliphatic rings. The summed E-state index contributed by atoms with van der Waals surface area (Å²) in [7, 11) is 0. The summed E-state index contributed by atoms with van der Waals surface area (Å²) in [4.78, 5) is 21.7. The van der Waals surface area contributed by atoms with Crippen LogP contribution in [0.4, 0.5) is 0 Å². The van der Waals surface area contributed by atoms with Crippen LogP contribution < -0.4 is 0 Å². The van der Waals surface area contributed by atoms with Gasteiger partial charge in [-0.2, -0.15) is 0 Å². The van der Waals surface area contributed by atoms with Gasteiger partial charge in [-0.3, -0.25) is 9.59 Å². The Labute approximate surface area is 86.8 Å². The van der Waals surface area contributed by atoms with E-state index in [4.69, 9.17) is 0 Å². The second-order valence-corrected chi connectivity index (χ2v) is 3.41. The quantitative estimate of drug-likeness (QED) is 0.496. The minimum absolute atomic E-state index is 0.188. The van der Waals surface area contributed by atoms with Gasteiger partial charge >= 0.3 is 17.9 Å². The summed E-state index contributed by atoms with van der Waals surface area (Å²) in [5.74, 6) is -4.31. The van der Waals surface area contributed by atoms with E-state index in [0.29, 0.717) is 6.42 Å². The van der Waals surface area contributed by atoms with Gasteiger partial charge in [-0.15, -0.1) is 0 Å². The van der Waals surface area contributed by atoms with Crippen LogP contribution in [0.1, 0.15) is 32.6 Å². The van der Waals surface area contributed by atoms with Crippen molar-refractivity contribution in [3.8, 4) is 0 Å². The summed E-state index contributed by atoms with van der Waals surface area (Å²) in [6.45, 7) is 1.90. The van der Waals surface area contributed by atoms with Crippen LogP contribution >= 0.6 is 0 Å². The van der Waals surface area contributed by atoms with E-state index in [2.05, 4.69) is 9.47 Å². The van der Waals surface area contributed by atoms with Crippen LogP contribution in [0.25, 0.3) is 0 Å². The third kappa shape index (κ3) is 2.90. The molecule has 15 heavy (non-hydrogen) atoms. The molecule has 6 heteroatoms. The first-order valence-corrected chi connectivity index (χ1v) is 4.82. The first-order chi connectivity index (χ1) is 6.98. The van der Waals surface area contributed by atoms with E-state index in [1.54, 1.807) is 0 Å². The number of carbonyl (C=O) groups is 2. The summed E-state index contributed by atoms with van der Waals surface area (Å²) < 4.78 is 8.85. The summed E-state index contributed by atoms with van der Waals surface area (Å²) in [5, 5.41) is 19.1. The highest BCUT2D eigenvalue weighted by Crippen LogP contribution is 2.24. The van der Waals surface area contributed by atoms with Gasteiger partial charge in [0.25, 0.3) is 0 Å². The molecule has 1 aliphatic heterocycles. The van der Waals surface area contributed by atoms with E-state index in [0.717, 1.165) is 6.42 Å². The Morgan fingerprint density at radius 3 is 2.40 bits per heavy atom. The van der Waals surface area contributed by atoms with Crippen LogP contribution in [-0.4, -0.2) is 34.2 Å². The molecule has 1 heterocycles. The molecule has 0 aromatic heterocycles. The molecule has 0 bridgehead atoms. The Kier molecular flexibility index (Phi) is 3.65. The van der Waals surface area contributed by atoms with E-state index >= 15 is 0 Å². The first kappa shape index (κ1) is 11.9. The van der Waals surface area contributed by atoms with Crippen molar-refractivity contribution >= 4 is 11.9 Å². The molecule has 1 fully saturated rings. The predicted octanol–water partition coefficient (Wildman–Crippen LogP) is -0.326. The summed E-state index contributed by atoms with van der Waals surface area (Å²) >= 11 is 0. The normalized spacial score (nSPS) is 21.8. The van der Waals surface area contributed by atoms with Gasteiger partial charge in [0.05, 0.1) is 0 Å². The number of cyclic esters (lactones) is 2. The Bertz CT molecular complexity index is 245. The molecule has 1 rings (SSSR count). The lowest BCUT2D eigenvalue weighted by Crippen LogP contribution is -2.53. The molecule has 0 saturated carbocycles. The second-order valence-electron chi connectivity index (χ2n) is 3.41. The number of aliphatic hydroxyl groups excluding tert-OH is 1. The molecule has 0 amide bonds. The zero-order chi connectivity index (χ0) is 11.5. The fourth-order valence-electron chi connectivity index (χ4n) is 1.25. The molecule has 0 radical (unpaired) electrons. The monoisotopic (exact) mass is 218 g/mol. The van der Waals surface area contributed by atoms with E-state index in [1.807, 2.05) is 6.92 Å². The fourth-order valence-corrected chi connectivity index (χ4v) is 1.25. The predicted molar refractivity (Wildman–Crippen MR) is 47.3 cm³/mol. The van der Waals surface area contributed by atoms with Gasteiger partial charge in [0, 0.05) is 0 Å². The highest BCUT2D eigenvalue weighted by molar-refractivity contribution is 5.92. The van der Waals surface area contributed by atoms with Crippen LogP contribution in [0.2, 0.25) is 0 Å². The molecule has 0 aliphatic carbocycles. The SMILES string of the molecule is CCCCC(O)C1(O)OC(=O)CC(=O)O1. The minimum atomic E-state index is -2.51. The average molecular weight is 218 g/mol. The van der Waals surface area contributed by atoms with Crippen molar-refractivity contribution in [2.75, 3.05) is 0 Å². The Balaban J connectivity index is 2.63. The van der Waals surface area contributed by atoms with Crippen molar-refractivity contribution in [1.29, 1.82) is 0 Å². The lowest BCUT2D eigenvalue weighted by molar-refractivity contribution is -0.370. The van der Waals surface area contributed by atoms with Crippen molar-refractivity contribution in [2.24, 2.45) is 0 Å². The van der Waals surface area contributed by atoms with Gasteiger partial charge in [0.15, 0.2) is 6.10 Å².